The monoisotopic (exact) mass is 386 g/mol. The molecule has 1 fully saturated rings. The van der Waals surface area contributed by atoms with Crippen molar-refractivity contribution >= 4 is 16.1 Å². The van der Waals surface area contributed by atoms with Crippen LogP contribution in [0.5, 0.6) is 0 Å². The van der Waals surface area contributed by atoms with E-state index in [0.29, 0.717) is 31.9 Å². The number of ether oxygens (including phenoxy) is 1. The van der Waals surface area contributed by atoms with Crippen molar-refractivity contribution in [3.63, 3.8) is 0 Å². The molecule has 11 heteroatoms. The Morgan fingerprint density at radius 1 is 1.38 bits per heavy atom. The van der Waals surface area contributed by atoms with Crippen LogP contribution in [-0.2, 0) is 34.5 Å². The van der Waals surface area contributed by atoms with Crippen molar-refractivity contribution in [2.75, 3.05) is 32.9 Å². The number of fused-ring (bicyclic) bond motifs is 1. The number of carbonyl (C=O) groups is 1. The first kappa shape index (κ1) is 19.1. The van der Waals surface area contributed by atoms with E-state index in [4.69, 9.17) is 4.74 Å². The van der Waals surface area contributed by atoms with E-state index in [2.05, 4.69) is 15.6 Å². The van der Waals surface area contributed by atoms with Gasteiger partial charge in [-0.3, -0.25) is 0 Å². The molecule has 1 atom stereocenters. The van der Waals surface area contributed by atoms with Crippen LogP contribution in [0, 0.1) is 0 Å². The van der Waals surface area contributed by atoms with E-state index in [1.807, 2.05) is 0 Å². The number of aromatic nitrogens is 3. The molecule has 0 bridgehead atoms. The minimum atomic E-state index is -3.24. The third-order valence-corrected chi connectivity index (χ3v) is 6.77. The minimum Gasteiger partial charge on any atom is -0.365 e. The Kier molecular flexibility index (Phi) is 5.22. The zero-order valence-electron chi connectivity index (χ0n) is 15.4. The van der Waals surface area contributed by atoms with Crippen molar-refractivity contribution in [3.8, 4) is 0 Å². The van der Waals surface area contributed by atoms with Gasteiger partial charge in [0, 0.05) is 27.2 Å². The molecule has 10 nitrogen and oxygen atoms in total. The fourth-order valence-corrected chi connectivity index (χ4v) is 4.58. The number of urea groups is 1. The Morgan fingerprint density at radius 2 is 2.15 bits per heavy atom. The van der Waals surface area contributed by atoms with Crippen LogP contribution in [0.3, 0.4) is 0 Å². The summed E-state index contributed by atoms with van der Waals surface area (Å²) in [7, 11) is 0.0987. The highest BCUT2D eigenvalue weighted by Crippen LogP contribution is 2.33. The molecule has 1 N–H and O–H groups in total. The summed E-state index contributed by atoms with van der Waals surface area (Å²) in [5.41, 5.74) is 0.930. The molecule has 1 aromatic rings. The Balaban J connectivity index is 1.71. The zero-order chi connectivity index (χ0) is 18.9. The van der Waals surface area contributed by atoms with Crippen LogP contribution in [0.2, 0.25) is 0 Å². The lowest BCUT2D eigenvalue weighted by Crippen LogP contribution is -2.55. The molecule has 1 saturated heterocycles. The number of carbonyl (C=O) groups excluding carboxylic acids is 1. The first-order valence-electron chi connectivity index (χ1n) is 8.74. The molecule has 3 rings (SSSR count). The number of nitrogens with zero attached hydrogens (tertiary/aromatic N) is 5. The van der Waals surface area contributed by atoms with Crippen molar-refractivity contribution < 1.29 is 17.9 Å². The van der Waals surface area contributed by atoms with E-state index in [1.165, 1.54) is 9.21 Å². The molecule has 26 heavy (non-hydrogen) atoms. The van der Waals surface area contributed by atoms with Crippen molar-refractivity contribution in [2.45, 2.75) is 45.1 Å². The van der Waals surface area contributed by atoms with Crippen molar-refractivity contribution in [2.24, 2.45) is 0 Å². The third-order valence-electron chi connectivity index (χ3n) is 4.95. The van der Waals surface area contributed by atoms with Gasteiger partial charge >= 0.3 is 6.03 Å². The molecule has 2 amide bonds. The maximum Gasteiger partial charge on any atom is 0.317 e. The molecular weight excluding hydrogens is 360 g/mol. The summed E-state index contributed by atoms with van der Waals surface area (Å²) < 4.78 is 33.9. The largest absolute Gasteiger partial charge is 0.365 e. The molecule has 0 aromatic carbocycles. The molecule has 3 heterocycles. The number of sulfonamides is 1. The fraction of sp³-hybridized carbons (Fsp3) is 0.800. The molecular formula is C15H26N6O4S. The summed E-state index contributed by atoms with van der Waals surface area (Å²) in [5.74, 6) is 0.0907. The van der Waals surface area contributed by atoms with E-state index >= 15 is 0 Å². The normalized spacial score (nSPS) is 23.7. The van der Waals surface area contributed by atoms with Gasteiger partial charge in [-0.1, -0.05) is 5.21 Å². The highest BCUT2D eigenvalue weighted by Gasteiger charge is 2.43. The van der Waals surface area contributed by atoms with Crippen LogP contribution in [-0.4, -0.2) is 77.2 Å². The van der Waals surface area contributed by atoms with Gasteiger partial charge in [-0.25, -0.2) is 17.9 Å². The quantitative estimate of drug-likeness (QED) is 0.765. The van der Waals surface area contributed by atoms with Gasteiger partial charge in [0.15, 0.2) is 0 Å². The molecule has 146 valence electrons. The molecule has 0 aliphatic carbocycles. The molecule has 0 radical (unpaired) electrons. The Bertz CT molecular complexity index is 777. The molecule has 0 saturated carbocycles. The average Bonchev–Trinajstić information content (AvgIpc) is 3.01. The van der Waals surface area contributed by atoms with Crippen LogP contribution in [0.25, 0.3) is 0 Å². The van der Waals surface area contributed by atoms with Gasteiger partial charge in [-0.15, -0.1) is 5.10 Å². The van der Waals surface area contributed by atoms with Gasteiger partial charge in [0.1, 0.15) is 11.3 Å². The van der Waals surface area contributed by atoms with Crippen LogP contribution < -0.4 is 5.32 Å². The summed E-state index contributed by atoms with van der Waals surface area (Å²) >= 11 is 0. The van der Waals surface area contributed by atoms with Crippen LogP contribution >= 0.6 is 0 Å². The summed E-state index contributed by atoms with van der Waals surface area (Å²) in [6.07, 6.45) is 1.55. The summed E-state index contributed by atoms with van der Waals surface area (Å²) in [4.78, 5) is 13.1. The lowest BCUT2D eigenvalue weighted by molar-refractivity contribution is -0.117. The van der Waals surface area contributed by atoms with Gasteiger partial charge in [0.05, 0.1) is 31.1 Å². The predicted octanol–water partition coefficient (Wildman–Crippen LogP) is -0.236. The van der Waals surface area contributed by atoms with E-state index in [0.717, 1.165) is 18.5 Å². The van der Waals surface area contributed by atoms with Crippen LogP contribution in [0.4, 0.5) is 4.79 Å². The van der Waals surface area contributed by atoms with Crippen LogP contribution in [0.1, 0.15) is 31.2 Å². The maximum atomic E-state index is 12.2. The van der Waals surface area contributed by atoms with Crippen molar-refractivity contribution in [3.05, 3.63) is 11.4 Å². The summed E-state index contributed by atoms with van der Waals surface area (Å²) in [6.45, 7) is 3.58. The first-order chi connectivity index (χ1) is 12.3. The Labute approximate surface area is 153 Å². The minimum absolute atomic E-state index is 0.0907. The predicted molar refractivity (Wildman–Crippen MR) is 93.7 cm³/mol. The molecule has 1 spiro atoms. The zero-order valence-corrected chi connectivity index (χ0v) is 16.3. The lowest BCUT2D eigenvalue weighted by atomic mass is 9.92. The van der Waals surface area contributed by atoms with E-state index in [9.17, 15) is 13.2 Å². The lowest BCUT2D eigenvalue weighted by Gasteiger charge is -2.43. The third kappa shape index (κ3) is 3.69. The summed E-state index contributed by atoms with van der Waals surface area (Å²) in [5, 5.41) is 11.1. The second kappa shape index (κ2) is 7.12. The standard InChI is InChI=1S/C15H26N6O4S/c1-4-26(23,24)20-7-5-6-15(10-20)11-21-13(9-25-15)12(17-18-21)8-16-14(22)19(2)3/h4-11H2,1-3H3,(H,16,22). The Morgan fingerprint density at radius 3 is 2.85 bits per heavy atom. The molecule has 2 aliphatic rings. The van der Waals surface area contributed by atoms with Gasteiger partial charge in [0.2, 0.25) is 10.0 Å². The average molecular weight is 386 g/mol. The van der Waals surface area contributed by atoms with Gasteiger partial charge in [0.25, 0.3) is 0 Å². The molecule has 1 aromatic heterocycles. The van der Waals surface area contributed by atoms with Gasteiger partial charge < -0.3 is 15.0 Å². The van der Waals surface area contributed by atoms with E-state index in [-0.39, 0.29) is 18.3 Å². The van der Waals surface area contributed by atoms with E-state index in [1.54, 1.807) is 25.7 Å². The fourth-order valence-electron chi connectivity index (χ4n) is 3.37. The Hall–Kier alpha value is -1.72. The van der Waals surface area contributed by atoms with Gasteiger partial charge in [-0.05, 0) is 19.8 Å². The second-order valence-corrected chi connectivity index (χ2v) is 9.26. The smallest absolute Gasteiger partial charge is 0.317 e. The number of hydrogen-bond donors (Lipinski definition) is 1. The topological polar surface area (TPSA) is 110 Å². The van der Waals surface area contributed by atoms with Gasteiger partial charge in [-0.2, -0.15) is 4.31 Å². The number of piperidine rings is 1. The number of hydrogen-bond acceptors (Lipinski definition) is 6. The molecule has 1 unspecified atom stereocenters. The molecule has 2 aliphatic heterocycles. The second-order valence-electron chi connectivity index (χ2n) is 7.00. The maximum absolute atomic E-state index is 12.2. The van der Waals surface area contributed by atoms with Crippen LogP contribution in [0.15, 0.2) is 0 Å². The number of amides is 2. The van der Waals surface area contributed by atoms with E-state index < -0.39 is 15.6 Å². The van der Waals surface area contributed by atoms with Crippen molar-refractivity contribution in [1.82, 2.24) is 29.5 Å². The number of nitrogens with one attached hydrogen (secondary N) is 1. The summed E-state index contributed by atoms with van der Waals surface area (Å²) in [6, 6.07) is -0.201. The highest BCUT2D eigenvalue weighted by atomic mass is 32.2. The first-order valence-corrected chi connectivity index (χ1v) is 10.4. The number of rotatable bonds is 4. The highest BCUT2D eigenvalue weighted by molar-refractivity contribution is 7.89. The SMILES string of the molecule is CCS(=O)(=O)N1CCCC2(C1)Cn1nnc(CNC(=O)N(C)C)c1CO2. The van der Waals surface area contributed by atoms with Crippen molar-refractivity contribution in [1.29, 1.82) is 0 Å².